The molecule has 1 amide bonds. The first-order valence-electron chi connectivity index (χ1n) is 8.38. The number of nitrogens with zero attached hydrogens (tertiary/aromatic N) is 3. The Bertz CT molecular complexity index is 893. The van der Waals surface area contributed by atoms with E-state index >= 15 is 0 Å². The lowest BCUT2D eigenvalue weighted by molar-refractivity contribution is -0.130. The largest absolute Gasteiger partial charge is 0.496 e. The Balaban J connectivity index is 1.78. The van der Waals surface area contributed by atoms with Crippen molar-refractivity contribution in [1.82, 2.24) is 15.1 Å². The van der Waals surface area contributed by atoms with Crippen molar-refractivity contribution < 1.29 is 22.4 Å². The molecule has 0 aliphatic carbocycles. The molecule has 1 aliphatic rings. The number of amides is 1. The zero-order valence-electron chi connectivity index (χ0n) is 14.7. The molecule has 26 heavy (non-hydrogen) atoms. The highest BCUT2D eigenvalue weighted by molar-refractivity contribution is 7.91. The lowest BCUT2D eigenvalue weighted by Crippen LogP contribution is -2.42. The molecule has 3 rings (SSSR count). The van der Waals surface area contributed by atoms with E-state index in [9.17, 15) is 13.2 Å². The molecule has 140 valence electrons. The summed E-state index contributed by atoms with van der Waals surface area (Å²) in [7, 11) is -2.51. The Kier molecular flexibility index (Phi) is 5.26. The van der Waals surface area contributed by atoms with Crippen molar-refractivity contribution in [3.05, 3.63) is 24.3 Å². The first-order valence-corrected chi connectivity index (χ1v) is 10.0. The number of piperidine rings is 1. The number of carbonyl (C=O) groups excluding carboxylic acids is 1. The van der Waals surface area contributed by atoms with E-state index in [1.807, 2.05) is 6.92 Å². The summed E-state index contributed by atoms with van der Waals surface area (Å²) < 4.78 is 35.5. The summed E-state index contributed by atoms with van der Waals surface area (Å²) in [5.41, 5.74) is 0.486. The van der Waals surface area contributed by atoms with Crippen LogP contribution in [-0.2, 0) is 14.6 Å². The van der Waals surface area contributed by atoms with E-state index < -0.39 is 26.7 Å². The molecule has 1 unspecified atom stereocenters. The summed E-state index contributed by atoms with van der Waals surface area (Å²) in [5, 5.41) is 6.86. The molecule has 0 spiro atoms. The molecule has 1 fully saturated rings. The van der Waals surface area contributed by atoms with E-state index in [1.165, 1.54) is 7.11 Å². The van der Waals surface area contributed by atoms with Crippen LogP contribution in [0.3, 0.4) is 0 Å². The van der Waals surface area contributed by atoms with Gasteiger partial charge in [-0.25, -0.2) is 8.42 Å². The number of hydrogen-bond donors (Lipinski definition) is 0. The van der Waals surface area contributed by atoms with Crippen LogP contribution in [0.4, 0.5) is 0 Å². The van der Waals surface area contributed by atoms with Gasteiger partial charge >= 0.3 is 5.22 Å². The van der Waals surface area contributed by atoms with Crippen LogP contribution in [0.15, 0.2) is 33.9 Å². The quantitative estimate of drug-likeness (QED) is 0.780. The molecule has 1 aromatic heterocycles. The third-order valence-corrected chi connectivity index (χ3v) is 5.66. The van der Waals surface area contributed by atoms with Gasteiger partial charge in [0.2, 0.25) is 15.7 Å². The number of methoxy groups -OCH3 is 1. The van der Waals surface area contributed by atoms with Crippen molar-refractivity contribution in [2.45, 2.75) is 25.0 Å². The zero-order chi connectivity index (χ0) is 18.7. The van der Waals surface area contributed by atoms with Crippen LogP contribution >= 0.6 is 0 Å². The standard InChI is InChI=1S/C17H21N3O5S/c1-12-6-5-9-20(10-12)15(21)11-26(22,23)17-19-18-16(25-17)13-7-3-4-8-14(13)24-2/h3-4,7-8,12H,5-6,9-11H2,1-2H3. The van der Waals surface area contributed by atoms with Gasteiger partial charge in [-0.15, -0.1) is 5.10 Å². The third kappa shape index (κ3) is 3.87. The molecule has 1 atom stereocenters. The summed E-state index contributed by atoms with van der Waals surface area (Å²) in [6.07, 6.45) is 1.92. The average molecular weight is 379 g/mol. The maximum absolute atomic E-state index is 12.5. The van der Waals surface area contributed by atoms with Gasteiger partial charge in [0.1, 0.15) is 11.5 Å². The predicted octanol–water partition coefficient (Wildman–Crippen LogP) is 1.78. The Morgan fingerprint density at radius 3 is 2.85 bits per heavy atom. The van der Waals surface area contributed by atoms with Crippen LogP contribution in [0.25, 0.3) is 11.5 Å². The Morgan fingerprint density at radius 2 is 2.12 bits per heavy atom. The second-order valence-electron chi connectivity index (χ2n) is 6.42. The molecular formula is C17H21N3O5S. The highest BCUT2D eigenvalue weighted by Gasteiger charge is 2.30. The molecule has 0 saturated carbocycles. The normalized spacial score (nSPS) is 17.9. The minimum absolute atomic E-state index is 0.0278. The maximum atomic E-state index is 12.5. The van der Waals surface area contributed by atoms with E-state index in [2.05, 4.69) is 10.2 Å². The lowest BCUT2D eigenvalue weighted by Gasteiger charge is -2.30. The molecule has 8 nitrogen and oxygen atoms in total. The van der Waals surface area contributed by atoms with Crippen molar-refractivity contribution in [3.8, 4) is 17.2 Å². The van der Waals surface area contributed by atoms with E-state index in [0.29, 0.717) is 30.3 Å². The molecular weight excluding hydrogens is 358 g/mol. The van der Waals surface area contributed by atoms with E-state index in [-0.39, 0.29) is 5.89 Å². The number of sulfone groups is 1. The summed E-state index contributed by atoms with van der Waals surface area (Å²) in [5.74, 6) is -0.226. The fourth-order valence-corrected chi connectivity index (χ4v) is 4.00. The summed E-state index contributed by atoms with van der Waals surface area (Å²) in [6.45, 7) is 3.20. The number of hydrogen-bond acceptors (Lipinski definition) is 7. The first kappa shape index (κ1) is 18.4. The van der Waals surface area contributed by atoms with Crippen molar-refractivity contribution in [1.29, 1.82) is 0 Å². The van der Waals surface area contributed by atoms with Crippen LogP contribution in [0.5, 0.6) is 5.75 Å². The summed E-state index contributed by atoms with van der Waals surface area (Å²) >= 11 is 0. The lowest BCUT2D eigenvalue weighted by atomic mass is 10.0. The van der Waals surface area contributed by atoms with Crippen LogP contribution in [0.1, 0.15) is 19.8 Å². The molecule has 0 N–H and O–H groups in total. The fraction of sp³-hybridized carbons (Fsp3) is 0.471. The van der Waals surface area contributed by atoms with E-state index in [1.54, 1.807) is 29.2 Å². The third-order valence-electron chi connectivity index (χ3n) is 4.33. The Hall–Kier alpha value is -2.42. The van der Waals surface area contributed by atoms with Crippen LogP contribution in [0, 0.1) is 5.92 Å². The van der Waals surface area contributed by atoms with Gasteiger partial charge in [0, 0.05) is 13.1 Å². The molecule has 0 radical (unpaired) electrons. The van der Waals surface area contributed by atoms with E-state index in [0.717, 1.165) is 12.8 Å². The SMILES string of the molecule is COc1ccccc1-c1nnc(S(=O)(=O)CC(=O)N2CCCC(C)C2)o1. The molecule has 2 aromatic rings. The first-order chi connectivity index (χ1) is 12.4. The molecule has 1 aromatic carbocycles. The number of para-hydroxylation sites is 1. The fourth-order valence-electron chi connectivity index (χ4n) is 3.00. The number of likely N-dealkylation sites (tertiary alicyclic amines) is 1. The van der Waals surface area contributed by atoms with Crippen molar-refractivity contribution in [2.24, 2.45) is 5.92 Å². The van der Waals surface area contributed by atoms with Gasteiger partial charge in [0.05, 0.1) is 12.7 Å². The Labute approximate surface area is 152 Å². The zero-order valence-corrected chi connectivity index (χ0v) is 15.5. The molecule has 2 heterocycles. The van der Waals surface area contributed by atoms with Crippen LogP contribution in [0.2, 0.25) is 0 Å². The summed E-state index contributed by atoms with van der Waals surface area (Å²) in [6, 6.07) is 6.91. The van der Waals surface area contributed by atoms with Gasteiger partial charge in [-0.1, -0.05) is 24.2 Å². The smallest absolute Gasteiger partial charge is 0.336 e. The molecule has 0 bridgehead atoms. The van der Waals surface area contributed by atoms with Crippen molar-refractivity contribution in [2.75, 3.05) is 26.0 Å². The van der Waals surface area contributed by atoms with Gasteiger partial charge in [-0.05, 0) is 30.9 Å². The van der Waals surface area contributed by atoms with Gasteiger partial charge in [0.15, 0.2) is 0 Å². The average Bonchev–Trinajstić information content (AvgIpc) is 3.12. The van der Waals surface area contributed by atoms with Gasteiger partial charge in [-0.3, -0.25) is 4.79 Å². The van der Waals surface area contributed by atoms with Crippen molar-refractivity contribution >= 4 is 15.7 Å². The second kappa shape index (κ2) is 7.45. The highest BCUT2D eigenvalue weighted by atomic mass is 32.2. The minimum Gasteiger partial charge on any atom is -0.496 e. The molecule has 1 saturated heterocycles. The maximum Gasteiger partial charge on any atom is 0.336 e. The Morgan fingerprint density at radius 1 is 1.35 bits per heavy atom. The predicted molar refractivity (Wildman–Crippen MR) is 93.3 cm³/mol. The van der Waals surface area contributed by atoms with Gasteiger partial charge < -0.3 is 14.1 Å². The van der Waals surface area contributed by atoms with Gasteiger partial charge in [-0.2, -0.15) is 0 Å². The second-order valence-corrected chi connectivity index (χ2v) is 8.29. The molecule has 9 heteroatoms. The highest BCUT2D eigenvalue weighted by Crippen LogP contribution is 2.29. The molecule has 1 aliphatic heterocycles. The van der Waals surface area contributed by atoms with Crippen LogP contribution < -0.4 is 4.74 Å². The number of aromatic nitrogens is 2. The monoisotopic (exact) mass is 379 g/mol. The van der Waals surface area contributed by atoms with Crippen LogP contribution in [-0.4, -0.2) is 55.4 Å². The summed E-state index contributed by atoms with van der Waals surface area (Å²) in [4.78, 5) is 13.9. The van der Waals surface area contributed by atoms with Crippen molar-refractivity contribution in [3.63, 3.8) is 0 Å². The topological polar surface area (TPSA) is 103 Å². The number of carbonyl (C=O) groups is 1. The number of ether oxygens (including phenoxy) is 1. The number of rotatable bonds is 5. The number of benzene rings is 1. The van der Waals surface area contributed by atoms with E-state index in [4.69, 9.17) is 9.15 Å². The minimum atomic E-state index is -4.01. The van der Waals surface area contributed by atoms with Gasteiger partial charge in [0.25, 0.3) is 5.89 Å².